The second kappa shape index (κ2) is 7.87. The number of rotatable bonds is 5. The van der Waals surface area contributed by atoms with Crippen LogP contribution in [0.1, 0.15) is 18.4 Å². The molecule has 7 heteroatoms. The molecule has 0 saturated carbocycles. The molecule has 2 rings (SSSR count). The van der Waals surface area contributed by atoms with E-state index in [9.17, 15) is 20.0 Å². The van der Waals surface area contributed by atoms with Gasteiger partial charge in [-0.1, -0.05) is 18.2 Å². The van der Waals surface area contributed by atoms with E-state index < -0.39 is 11.8 Å². The molecular formula is C17H15N3O4. The van der Waals surface area contributed by atoms with Gasteiger partial charge in [0, 0.05) is 12.8 Å². The van der Waals surface area contributed by atoms with Crippen LogP contribution in [0.15, 0.2) is 54.6 Å². The van der Waals surface area contributed by atoms with Crippen molar-refractivity contribution in [2.45, 2.75) is 12.8 Å². The third kappa shape index (κ3) is 4.16. The predicted octanol–water partition coefficient (Wildman–Crippen LogP) is 2.48. The Kier molecular flexibility index (Phi) is 5.63. The summed E-state index contributed by atoms with van der Waals surface area (Å²) in [6, 6.07) is 15.9. The van der Waals surface area contributed by atoms with Crippen LogP contribution in [0.25, 0.3) is 0 Å². The standard InChI is InChI=1S/C17H15N3O4/c18-12-13-6-8-15(9-7-13)20(24)17(22)11-10-16(21)19(23)14-4-2-1-3-5-14/h1-9,23-24H,10-11H2. The molecule has 2 N–H and O–H groups in total. The summed E-state index contributed by atoms with van der Waals surface area (Å²) in [5.41, 5.74) is 0.881. The number of nitrogens with zero attached hydrogens (tertiary/aromatic N) is 3. The van der Waals surface area contributed by atoms with Gasteiger partial charge in [-0.2, -0.15) is 15.4 Å². The summed E-state index contributed by atoms with van der Waals surface area (Å²) in [7, 11) is 0. The summed E-state index contributed by atoms with van der Waals surface area (Å²) in [6.45, 7) is 0. The van der Waals surface area contributed by atoms with Crippen LogP contribution in [0.5, 0.6) is 0 Å². The van der Waals surface area contributed by atoms with Gasteiger partial charge in [-0.05, 0) is 36.4 Å². The molecule has 0 radical (unpaired) electrons. The van der Waals surface area contributed by atoms with Crippen molar-refractivity contribution in [3.63, 3.8) is 0 Å². The lowest BCUT2D eigenvalue weighted by molar-refractivity contribution is -0.128. The van der Waals surface area contributed by atoms with E-state index in [1.165, 1.54) is 24.3 Å². The third-order valence-electron chi connectivity index (χ3n) is 3.27. The Morgan fingerprint density at radius 3 is 1.75 bits per heavy atom. The van der Waals surface area contributed by atoms with E-state index >= 15 is 0 Å². The van der Waals surface area contributed by atoms with Crippen LogP contribution in [-0.2, 0) is 9.59 Å². The van der Waals surface area contributed by atoms with Crippen molar-refractivity contribution in [2.24, 2.45) is 0 Å². The number of carbonyl (C=O) groups excluding carboxylic acids is 2. The fourth-order valence-corrected chi connectivity index (χ4v) is 1.96. The number of carbonyl (C=O) groups is 2. The molecular weight excluding hydrogens is 310 g/mol. The van der Waals surface area contributed by atoms with Crippen molar-refractivity contribution in [1.82, 2.24) is 0 Å². The van der Waals surface area contributed by atoms with Gasteiger partial charge in [0.05, 0.1) is 23.0 Å². The minimum atomic E-state index is -0.700. The fourth-order valence-electron chi connectivity index (χ4n) is 1.96. The first kappa shape index (κ1) is 17.1. The lowest BCUT2D eigenvalue weighted by Gasteiger charge is -2.17. The number of benzene rings is 2. The average Bonchev–Trinajstić information content (AvgIpc) is 2.65. The largest absolute Gasteiger partial charge is 0.281 e. The average molecular weight is 325 g/mol. The molecule has 7 nitrogen and oxygen atoms in total. The zero-order valence-corrected chi connectivity index (χ0v) is 12.7. The van der Waals surface area contributed by atoms with Crippen LogP contribution in [0, 0.1) is 11.3 Å². The highest BCUT2D eigenvalue weighted by Gasteiger charge is 2.18. The molecule has 0 atom stereocenters. The van der Waals surface area contributed by atoms with Gasteiger partial charge in [-0.3, -0.25) is 20.0 Å². The molecule has 2 amide bonds. The minimum Gasteiger partial charge on any atom is -0.281 e. The molecule has 0 aliphatic carbocycles. The molecule has 0 bridgehead atoms. The minimum absolute atomic E-state index is 0.190. The number of nitriles is 1. The summed E-state index contributed by atoms with van der Waals surface area (Å²) in [4.78, 5) is 23.8. The van der Waals surface area contributed by atoms with Gasteiger partial charge in [-0.15, -0.1) is 0 Å². The summed E-state index contributed by atoms with van der Waals surface area (Å²) in [5.74, 6) is -1.36. The number of anilines is 2. The van der Waals surface area contributed by atoms with Gasteiger partial charge in [0.2, 0.25) is 0 Å². The molecule has 0 aliphatic rings. The first-order valence-corrected chi connectivity index (χ1v) is 7.12. The van der Waals surface area contributed by atoms with Gasteiger partial charge in [0.15, 0.2) is 0 Å². The molecule has 122 valence electrons. The van der Waals surface area contributed by atoms with Crippen LogP contribution in [0.4, 0.5) is 11.4 Å². The molecule has 0 spiro atoms. The van der Waals surface area contributed by atoms with Crippen molar-refractivity contribution in [1.29, 1.82) is 5.26 Å². The number of para-hydroxylation sites is 1. The predicted molar refractivity (Wildman–Crippen MR) is 85.4 cm³/mol. The molecule has 0 fully saturated rings. The van der Waals surface area contributed by atoms with Gasteiger partial charge >= 0.3 is 0 Å². The molecule has 0 heterocycles. The van der Waals surface area contributed by atoms with Crippen molar-refractivity contribution in [2.75, 3.05) is 10.1 Å². The Hall–Kier alpha value is -3.21. The van der Waals surface area contributed by atoms with Crippen LogP contribution in [0.3, 0.4) is 0 Å². The number of hydroxylamine groups is 2. The zero-order valence-electron chi connectivity index (χ0n) is 12.7. The highest BCUT2D eigenvalue weighted by molar-refractivity contribution is 5.97. The van der Waals surface area contributed by atoms with Gasteiger partial charge in [0.25, 0.3) is 11.8 Å². The molecule has 2 aromatic carbocycles. The SMILES string of the molecule is N#Cc1ccc(N(O)C(=O)CCC(=O)N(O)c2ccccc2)cc1. The molecule has 0 aliphatic heterocycles. The van der Waals surface area contributed by atoms with Crippen molar-refractivity contribution >= 4 is 23.2 Å². The summed E-state index contributed by atoms with van der Waals surface area (Å²) >= 11 is 0. The topological polar surface area (TPSA) is 105 Å². The second-order valence-electron chi connectivity index (χ2n) is 4.91. The molecule has 2 aromatic rings. The summed E-state index contributed by atoms with van der Waals surface area (Å²) in [6.07, 6.45) is -0.545. The van der Waals surface area contributed by atoms with Crippen LogP contribution < -0.4 is 10.1 Å². The normalized spacial score (nSPS) is 9.88. The maximum atomic E-state index is 11.9. The zero-order chi connectivity index (χ0) is 17.5. The summed E-state index contributed by atoms with van der Waals surface area (Å²) in [5, 5.41) is 29.2. The Labute approximate surface area is 138 Å². The first-order valence-electron chi connectivity index (χ1n) is 7.12. The van der Waals surface area contributed by atoms with Crippen molar-refractivity contribution in [3.8, 4) is 6.07 Å². The van der Waals surface area contributed by atoms with Crippen molar-refractivity contribution in [3.05, 3.63) is 60.2 Å². The summed E-state index contributed by atoms with van der Waals surface area (Å²) < 4.78 is 0. The maximum absolute atomic E-state index is 11.9. The van der Waals surface area contributed by atoms with E-state index in [0.717, 1.165) is 0 Å². The molecule has 24 heavy (non-hydrogen) atoms. The van der Waals surface area contributed by atoms with E-state index in [1.807, 2.05) is 6.07 Å². The van der Waals surface area contributed by atoms with E-state index in [2.05, 4.69) is 0 Å². The van der Waals surface area contributed by atoms with E-state index in [4.69, 9.17) is 5.26 Å². The van der Waals surface area contributed by atoms with E-state index in [0.29, 0.717) is 21.4 Å². The quantitative estimate of drug-likeness (QED) is 0.649. The Morgan fingerprint density at radius 2 is 1.29 bits per heavy atom. The maximum Gasteiger partial charge on any atom is 0.251 e. The first-order chi connectivity index (χ1) is 11.5. The van der Waals surface area contributed by atoms with Crippen molar-refractivity contribution < 1.29 is 20.0 Å². The molecule has 0 saturated heterocycles. The Bertz CT molecular complexity index is 754. The van der Waals surface area contributed by atoms with Crippen LogP contribution >= 0.6 is 0 Å². The smallest absolute Gasteiger partial charge is 0.251 e. The number of hydrogen-bond acceptors (Lipinski definition) is 5. The molecule has 0 unspecified atom stereocenters. The lowest BCUT2D eigenvalue weighted by Crippen LogP contribution is -2.31. The van der Waals surface area contributed by atoms with Gasteiger partial charge in [0.1, 0.15) is 0 Å². The van der Waals surface area contributed by atoms with E-state index in [-0.39, 0.29) is 18.5 Å². The number of hydrogen-bond donors (Lipinski definition) is 2. The fraction of sp³-hybridized carbons (Fsp3) is 0.118. The van der Waals surface area contributed by atoms with Crippen LogP contribution in [-0.4, -0.2) is 22.2 Å². The highest BCUT2D eigenvalue weighted by Crippen LogP contribution is 2.16. The van der Waals surface area contributed by atoms with E-state index in [1.54, 1.807) is 30.3 Å². The Balaban J connectivity index is 1.92. The lowest BCUT2D eigenvalue weighted by atomic mass is 10.2. The highest BCUT2D eigenvalue weighted by atomic mass is 16.5. The van der Waals surface area contributed by atoms with Crippen LogP contribution in [0.2, 0.25) is 0 Å². The monoisotopic (exact) mass is 325 g/mol. The van der Waals surface area contributed by atoms with Gasteiger partial charge in [-0.25, -0.2) is 0 Å². The van der Waals surface area contributed by atoms with Gasteiger partial charge < -0.3 is 0 Å². The Morgan fingerprint density at radius 1 is 0.833 bits per heavy atom. The third-order valence-corrected chi connectivity index (χ3v) is 3.27. The molecule has 0 aromatic heterocycles. The number of amides is 2. The second-order valence-corrected chi connectivity index (χ2v) is 4.91.